The first-order valence-electron chi connectivity index (χ1n) is 12.1. The molecule has 2 aliphatic carbocycles. The molecule has 1 saturated carbocycles. The van der Waals surface area contributed by atoms with Crippen molar-refractivity contribution in [1.29, 1.82) is 0 Å². The summed E-state index contributed by atoms with van der Waals surface area (Å²) in [7, 11) is 0. The van der Waals surface area contributed by atoms with Crippen molar-refractivity contribution in [2.75, 3.05) is 18.6 Å². The van der Waals surface area contributed by atoms with E-state index in [-0.39, 0.29) is 30.8 Å². The maximum atomic E-state index is 13.0. The van der Waals surface area contributed by atoms with Gasteiger partial charge in [0.15, 0.2) is 0 Å². The summed E-state index contributed by atoms with van der Waals surface area (Å²) in [6, 6.07) is 15.0. The molecule has 4 rings (SSSR count). The average molecular weight is 497 g/mol. The van der Waals surface area contributed by atoms with E-state index in [1.807, 2.05) is 30.5 Å². The summed E-state index contributed by atoms with van der Waals surface area (Å²) in [4.78, 5) is 37.1. The number of fused-ring (bicyclic) bond motifs is 3. The molecule has 7 nitrogen and oxygen atoms in total. The molecule has 0 heterocycles. The van der Waals surface area contributed by atoms with Gasteiger partial charge in [0.2, 0.25) is 5.91 Å². The number of hydrogen-bond acceptors (Lipinski definition) is 5. The minimum Gasteiger partial charge on any atom is -0.481 e. The Balaban J connectivity index is 1.39. The van der Waals surface area contributed by atoms with E-state index in [0.29, 0.717) is 12.2 Å². The Morgan fingerprint density at radius 2 is 1.66 bits per heavy atom. The number of amides is 2. The maximum Gasteiger partial charge on any atom is 0.407 e. The van der Waals surface area contributed by atoms with Gasteiger partial charge >= 0.3 is 12.1 Å². The number of rotatable bonds is 11. The van der Waals surface area contributed by atoms with Gasteiger partial charge in [0.25, 0.3) is 0 Å². The van der Waals surface area contributed by atoms with Crippen molar-refractivity contribution >= 4 is 29.7 Å². The van der Waals surface area contributed by atoms with Crippen molar-refractivity contribution in [3.63, 3.8) is 0 Å². The number of aliphatic carboxylic acids is 1. The molecule has 2 aliphatic rings. The summed E-state index contributed by atoms with van der Waals surface area (Å²) in [5, 5.41) is 14.9. The summed E-state index contributed by atoms with van der Waals surface area (Å²) in [6.45, 7) is 0.167. The number of carboxylic acids is 1. The Labute approximate surface area is 210 Å². The zero-order chi connectivity index (χ0) is 24.8. The fourth-order valence-electron chi connectivity index (χ4n) is 4.94. The third kappa shape index (κ3) is 5.99. The third-order valence-corrected chi connectivity index (χ3v) is 7.65. The van der Waals surface area contributed by atoms with Crippen LogP contribution in [0.25, 0.3) is 11.1 Å². The first-order chi connectivity index (χ1) is 17.0. The molecule has 0 aliphatic heterocycles. The van der Waals surface area contributed by atoms with Crippen molar-refractivity contribution in [2.45, 2.75) is 50.1 Å². The number of thioether (sulfide) groups is 1. The average Bonchev–Trinajstić information content (AvgIpc) is 3.12. The van der Waals surface area contributed by atoms with Crippen LogP contribution >= 0.6 is 11.8 Å². The minimum atomic E-state index is -0.938. The Kier molecular flexibility index (Phi) is 8.33. The molecule has 0 spiro atoms. The van der Waals surface area contributed by atoms with Crippen molar-refractivity contribution in [2.24, 2.45) is 5.92 Å². The Hall–Kier alpha value is -3.00. The van der Waals surface area contributed by atoms with E-state index < -0.39 is 24.1 Å². The predicted octanol–water partition coefficient (Wildman–Crippen LogP) is 4.41. The van der Waals surface area contributed by atoms with Gasteiger partial charge in [-0.25, -0.2) is 4.79 Å². The lowest BCUT2D eigenvalue weighted by molar-refractivity contribution is -0.138. The minimum absolute atomic E-state index is 0.0646. The largest absolute Gasteiger partial charge is 0.481 e. The number of nitrogens with one attached hydrogen (secondary N) is 2. The highest BCUT2D eigenvalue weighted by Gasteiger charge is 2.33. The van der Waals surface area contributed by atoms with Crippen LogP contribution in [-0.4, -0.2) is 53.8 Å². The molecular weight excluding hydrogens is 464 g/mol. The van der Waals surface area contributed by atoms with Crippen molar-refractivity contribution in [1.82, 2.24) is 10.6 Å². The number of benzene rings is 2. The topological polar surface area (TPSA) is 105 Å². The van der Waals surface area contributed by atoms with Gasteiger partial charge in [-0.3, -0.25) is 9.59 Å². The lowest BCUT2D eigenvalue weighted by Crippen LogP contribution is -2.53. The monoisotopic (exact) mass is 496 g/mol. The molecule has 8 heteroatoms. The second-order valence-corrected chi connectivity index (χ2v) is 10.2. The van der Waals surface area contributed by atoms with Gasteiger partial charge in [-0.15, -0.1) is 0 Å². The molecule has 1 fully saturated rings. The summed E-state index contributed by atoms with van der Waals surface area (Å²) in [5.74, 6) is -0.511. The van der Waals surface area contributed by atoms with Gasteiger partial charge in [0.1, 0.15) is 12.6 Å². The molecule has 186 valence electrons. The molecule has 2 aromatic carbocycles. The molecule has 35 heavy (non-hydrogen) atoms. The number of carboxylic acid groups (broad SMARTS) is 1. The van der Waals surface area contributed by atoms with Gasteiger partial charge < -0.3 is 20.5 Å². The second kappa shape index (κ2) is 11.6. The fourth-order valence-corrected chi connectivity index (χ4v) is 5.41. The third-order valence-electron chi connectivity index (χ3n) is 7.00. The lowest BCUT2D eigenvalue weighted by atomic mass is 9.78. The number of alkyl carbamates (subject to hydrolysis) is 1. The zero-order valence-electron chi connectivity index (χ0n) is 19.9. The SMILES string of the molecule is CSCC[C@@H](NC(=O)OCC1c2ccccc2-c2ccccc21)C(=O)NC(CC(=O)O)C1CCC1. The van der Waals surface area contributed by atoms with E-state index in [2.05, 4.69) is 34.9 Å². The molecule has 0 aromatic heterocycles. The molecule has 0 saturated heterocycles. The van der Waals surface area contributed by atoms with E-state index in [0.717, 1.165) is 41.5 Å². The summed E-state index contributed by atoms with van der Waals surface area (Å²) >= 11 is 1.58. The summed E-state index contributed by atoms with van der Waals surface area (Å²) in [6.07, 6.45) is 4.47. The standard InChI is InChI=1S/C27H32N2O5S/c1-35-14-13-23(26(32)28-24(15-25(30)31)17-7-6-8-17)29-27(33)34-16-22-20-11-4-2-9-18(20)19-10-3-5-12-21(19)22/h2-5,9-12,17,22-24H,6-8,13-16H2,1H3,(H,28,32)(H,29,33)(H,30,31)/t23-,24?/m1/s1. The van der Waals surface area contributed by atoms with E-state index in [1.165, 1.54) is 0 Å². The Morgan fingerprint density at radius 3 is 2.20 bits per heavy atom. The van der Waals surface area contributed by atoms with Crippen LogP contribution in [0.5, 0.6) is 0 Å². The molecule has 2 atom stereocenters. The summed E-state index contributed by atoms with van der Waals surface area (Å²) < 4.78 is 5.62. The maximum absolute atomic E-state index is 13.0. The van der Waals surface area contributed by atoms with E-state index in [1.54, 1.807) is 11.8 Å². The molecule has 0 radical (unpaired) electrons. The van der Waals surface area contributed by atoms with Gasteiger partial charge in [0.05, 0.1) is 6.42 Å². The number of ether oxygens (including phenoxy) is 1. The number of carbonyl (C=O) groups excluding carboxylic acids is 2. The number of carbonyl (C=O) groups is 3. The van der Waals surface area contributed by atoms with Gasteiger partial charge in [-0.1, -0.05) is 55.0 Å². The smallest absolute Gasteiger partial charge is 0.407 e. The summed E-state index contributed by atoms with van der Waals surface area (Å²) in [5.41, 5.74) is 4.54. The first kappa shape index (κ1) is 25.1. The molecule has 2 amide bonds. The Morgan fingerprint density at radius 1 is 1.03 bits per heavy atom. The predicted molar refractivity (Wildman–Crippen MR) is 137 cm³/mol. The molecular formula is C27H32N2O5S. The zero-order valence-corrected chi connectivity index (χ0v) is 20.7. The highest BCUT2D eigenvalue weighted by Crippen LogP contribution is 2.44. The van der Waals surface area contributed by atoms with Crippen LogP contribution in [0, 0.1) is 5.92 Å². The number of hydrogen-bond donors (Lipinski definition) is 3. The molecule has 3 N–H and O–H groups in total. The quantitative estimate of drug-likeness (QED) is 0.426. The second-order valence-electron chi connectivity index (χ2n) is 9.21. The van der Waals surface area contributed by atoms with Crippen LogP contribution in [0.4, 0.5) is 4.79 Å². The van der Waals surface area contributed by atoms with Crippen molar-refractivity contribution < 1.29 is 24.2 Å². The van der Waals surface area contributed by atoms with Gasteiger partial charge in [-0.2, -0.15) is 11.8 Å². The van der Waals surface area contributed by atoms with Crippen LogP contribution in [0.1, 0.15) is 49.1 Å². The highest BCUT2D eigenvalue weighted by molar-refractivity contribution is 7.98. The molecule has 1 unspecified atom stereocenters. The van der Waals surface area contributed by atoms with Crippen molar-refractivity contribution in [3.05, 3.63) is 59.7 Å². The normalized spacial score (nSPS) is 16.4. The van der Waals surface area contributed by atoms with Crippen LogP contribution in [0.3, 0.4) is 0 Å². The highest BCUT2D eigenvalue weighted by atomic mass is 32.2. The molecule has 2 aromatic rings. The van der Waals surface area contributed by atoms with E-state index >= 15 is 0 Å². The fraction of sp³-hybridized carbons (Fsp3) is 0.444. The molecule has 0 bridgehead atoms. The van der Waals surface area contributed by atoms with Gasteiger partial charge in [-0.05, 0) is 59.4 Å². The van der Waals surface area contributed by atoms with Crippen LogP contribution in [-0.2, 0) is 14.3 Å². The van der Waals surface area contributed by atoms with Crippen LogP contribution in [0.15, 0.2) is 48.5 Å². The van der Waals surface area contributed by atoms with Crippen molar-refractivity contribution in [3.8, 4) is 11.1 Å². The van der Waals surface area contributed by atoms with Gasteiger partial charge in [0, 0.05) is 12.0 Å². The van der Waals surface area contributed by atoms with Crippen LogP contribution in [0.2, 0.25) is 0 Å². The lowest BCUT2D eigenvalue weighted by Gasteiger charge is -2.34. The Bertz CT molecular complexity index is 1030. The van der Waals surface area contributed by atoms with E-state index in [4.69, 9.17) is 4.74 Å². The van der Waals surface area contributed by atoms with Crippen LogP contribution < -0.4 is 10.6 Å². The first-order valence-corrected chi connectivity index (χ1v) is 13.5. The van der Waals surface area contributed by atoms with E-state index in [9.17, 15) is 19.5 Å².